The molecular weight excluding hydrogens is 260 g/mol. The summed E-state index contributed by atoms with van der Waals surface area (Å²) in [6.07, 6.45) is 7.48. The molecule has 0 N–H and O–H groups in total. The molecule has 2 rings (SSSR count). The largest absolute Gasteiger partial charge is 0.418 e. The van der Waals surface area contributed by atoms with Crippen molar-refractivity contribution >= 4 is 26.7 Å². The van der Waals surface area contributed by atoms with Crippen molar-refractivity contribution in [2.75, 3.05) is 0 Å². The summed E-state index contributed by atoms with van der Waals surface area (Å²) in [6.45, 7) is 4.49. The highest BCUT2D eigenvalue weighted by Gasteiger charge is 2.17. The molecule has 0 atom stereocenters. The molecule has 1 aliphatic rings. The van der Waals surface area contributed by atoms with E-state index in [-0.39, 0.29) is 0 Å². The minimum Gasteiger partial charge on any atom is -0.418 e. The quantitative estimate of drug-likeness (QED) is 0.732. The maximum absolute atomic E-state index is 6.00. The van der Waals surface area contributed by atoms with E-state index in [1.54, 1.807) is 0 Å². The zero-order chi connectivity index (χ0) is 13.0. The molecule has 0 saturated heterocycles. The van der Waals surface area contributed by atoms with Crippen molar-refractivity contribution in [2.45, 2.75) is 44.9 Å². The number of hydrogen-bond acceptors (Lipinski definition) is 1. The summed E-state index contributed by atoms with van der Waals surface area (Å²) in [5, 5.41) is 0.812. The average molecular weight is 281 g/mol. The molecule has 18 heavy (non-hydrogen) atoms. The van der Waals surface area contributed by atoms with Gasteiger partial charge in [-0.25, -0.2) is 0 Å². The molecule has 0 amide bonds. The Morgan fingerprint density at radius 2 is 2.00 bits per heavy atom. The van der Waals surface area contributed by atoms with Gasteiger partial charge in [-0.1, -0.05) is 35.4 Å². The van der Waals surface area contributed by atoms with Gasteiger partial charge < -0.3 is 4.43 Å². The first kappa shape index (κ1) is 13.8. The molecule has 0 heterocycles. The molecule has 98 valence electrons. The molecule has 0 aliphatic heterocycles. The molecule has 1 nitrogen and oxygen atoms in total. The maximum atomic E-state index is 6.00. The number of benzene rings is 1. The van der Waals surface area contributed by atoms with Crippen LogP contribution in [0, 0.1) is 0 Å². The van der Waals surface area contributed by atoms with E-state index in [0.29, 0.717) is 6.10 Å². The van der Waals surface area contributed by atoms with Crippen LogP contribution in [0.1, 0.15) is 31.2 Å². The van der Waals surface area contributed by atoms with E-state index in [1.165, 1.54) is 24.0 Å². The average Bonchev–Trinajstić information content (AvgIpc) is 2.31. The first-order chi connectivity index (χ1) is 8.63. The second-order valence-corrected chi connectivity index (χ2v) is 8.05. The predicted octanol–water partition coefficient (Wildman–Crippen LogP) is 4.67. The van der Waals surface area contributed by atoms with Crippen LogP contribution < -0.4 is 0 Å². The van der Waals surface area contributed by atoms with Gasteiger partial charge in [0.15, 0.2) is 9.04 Å². The number of rotatable bonds is 3. The monoisotopic (exact) mass is 280 g/mol. The molecule has 1 fully saturated rings. The Bertz CT molecular complexity index is 418. The summed E-state index contributed by atoms with van der Waals surface area (Å²) >= 11 is 6.00. The van der Waals surface area contributed by atoms with Crippen molar-refractivity contribution < 1.29 is 4.43 Å². The van der Waals surface area contributed by atoms with Crippen molar-refractivity contribution in [3.05, 3.63) is 40.4 Å². The molecule has 3 heteroatoms. The lowest BCUT2D eigenvalue weighted by molar-refractivity contribution is 0.171. The SMILES string of the molecule is C[SiH](C)OC1CCC(=Cc2cccc(Cl)c2)CC1. The Balaban J connectivity index is 1.93. The fourth-order valence-electron chi connectivity index (χ4n) is 2.46. The second kappa shape index (κ2) is 6.55. The molecule has 1 aliphatic carbocycles. The molecule has 1 aromatic rings. The first-order valence-corrected chi connectivity index (χ1v) is 9.90. The van der Waals surface area contributed by atoms with Crippen LogP contribution >= 0.6 is 11.6 Å². The molecule has 0 radical (unpaired) electrons. The van der Waals surface area contributed by atoms with Gasteiger partial charge in [0, 0.05) is 11.1 Å². The summed E-state index contributed by atoms with van der Waals surface area (Å²) in [7, 11) is -0.876. The highest BCUT2D eigenvalue weighted by Crippen LogP contribution is 2.28. The first-order valence-electron chi connectivity index (χ1n) is 6.74. The van der Waals surface area contributed by atoms with E-state index in [1.807, 2.05) is 18.2 Å². The van der Waals surface area contributed by atoms with E-state index in [9.17, 15) is 0 Å². The lowest BCUT2D eigenvalue weighted by atomic mass is 9.91. The van der Waals surface area contributed by atoms with Gasteiger partial charge in [0.05, 0.1) is 0 Å². The van der Waals surface area contributed by atoms with E-state index >= 15 is 0 Å². The fourth-order valence-corrected chi connectivity index (χ4v) is 3.70. The van der Waals surface area contributed by atoms with Crippen molar-refractivity contribution in [3.8, 4) is 0 Å². The molecular formula is C15H21ClOSi. The van der Waals surface area contributed by atoms with E-state index in [2.05, 4.69) is 25.2 Å². The van der Waals surface area contributed by atoms with Gasteiger partial charge in [0.2, 0.25) is 0 Å². The third-order valence-electron chi connectivity index (χ3n) is 3.26. The molecule has 0 spiro atoms. The van der Waals surface area contributed by atoms with E-state index in [0.717, 1.165) is 17.9 Å². The Morgan fingerprint density at radius 1 is 1.28 bits per heavy atom. The highest BCUT2D eigenvalue weighted by molar-refractivity contribution is 6.48. The topological polar surface area (TPSA) is 9.23 Å². The zero-order valence-electron chi connectivity index (χ0n) is 11.2. The molecule has 1 saturated carbocycles. The standard InChI is InChI=1S/C15H21ClOSi/c1-18(2)17-15-8-6-12(7-9-15)10-13-4-3-5-14(16)11-13/h3-5,10-11,15,18H,6-9H2,1-2H3. The van der Waals surface area contributed by atoms with Crippen LogP contribution in [0.4, 0.5) is 0 Å². The summed E-state index contributed by atoms with van der Waals surface area (Å²) in [6, 6.07) is 8.07. The minimum atomic E-state index is -0.876. The summed E-state index contributed by atoms with van der Waals surface area (Å²) in [4.78, 5) is 0. The van der Waals surface area contributed by atoms with E-state index < -0.39 is 9.04 Å². The van der Waals surface area contributed by atoms with Gasteiger partial charge in [0.25, 0.3) is 0 Å². The van der Waals surface area contributed by atoms with Crippen LogP contribution in [-0.4, -0.2) is 15.1 Å². The summed E-state index contributed by atoms with van der Waals surface area (Å²) < 4.78 is 6.00. The second-order valence-electron chi connectivity index (χ2n) is 5.24. The van der Waals surface area contributed by atoms with Gasteiger partial charge in [-0.2, -0.15) is 0 Å². The van der Waals surface area contributed by atoms with Gasteiger partial charge in [-0.3, -0.25) is 0 Å². The van der Waals surface area contributed by atoms with Crippen LogP contribution in [-0.2, 0) is 4.43 Å². The zero-order valence-corrected chi connectivity index (χ0v) is 13.1. The Kier molecular flexibility index (Phi) is 5.04. The Labute approximate surface area is 117 Å². The predicted molar refractivity (Wildman–Crippen MR) is 81.6 cm³/mol. The number of allylic oxidation sites excluding steroid dienone is 1. The summed E-state index contributed by atoms with van der Waals surface area (Å²) in [5.74, 6) is 0. The van der Waals surface area contributed by atoms with Crippen LogP contribution in [0.2, 0.25) is 18.1 Å². The molecule has 0 bridgehead atoms. The fraction of sp³-hybridized carbons (Fsp3) is 0.467. The maximum Gasteiger partial charge on any atom is 0.171 e. The van der Waals surface area contributed by atoms with Crippen molar-refractivity contribution in [1.29, 1.82) is 0 Å². The smallest absolute Gasteiger partial charge is 0.171 e. The highest BCUT2D eigenvalue weighted by atomic mass is 35.5. The molecule has 0 unspecified atom stereocenters. The number of halogens is 1. The molecule has 1 aromatic carbocycles. The van der Waals surface area contributed by atoms with Crippen LogP contribution in [0.15, 0.2) is 29.8 Å². The normalized spacial score (nSPS) is 20.2. The third kappa shape index (κ3) is 4.27. The van der Waals surface area contributed by atoms with Crippen LogP contribution in [0.5, 0.6) is 0 Å². The lowest BCUT2D eigenvalue weighted by Gasteiger charge is -2.26. The lowest BCUT2D eigenvalue weighted by Crippen LogP contribution is -2.23. The Morgan fingerprint density at radius 3 is 2.61 bits per heavy atom. The van der Waals surface area contributed by atoms with Gasteiger partial charge >= 0.3 is 0 Å². The van der Waals surface area contributed by atoms with Crippen molar-refractivity contribution in [1.82, 2.24) is 0 Å². The van der Waals surface area contributed by atoms with Gasteiger partial charge in [-0.15, -0.1) is 0 Å². The third-order valence-corrected chi connectivity index (χ3v) is 4.42. The molecule has 0 aromatic heterocycles. The van der Waals surface area contributed by atoms with Gasteiger partial charge in [0.1, 0.15) is 0 Å². The van der Waals surface area contributed by atoms with Crippen molar-refractivity contribution in [2.24, 2.45) is 0 Å². The van der Waals surface area contributed by atoms with E-state index in [4.69, 9.17) is 16.0 Å². The van der Waals surface area contributed by atoms with Crippen LogP contribution in [0.25, 0.3) is 6.08 Å². The van der Waals surface area contributed by atoms with Crippen LogP contribution in [0.3, 0.4) is 0 Å². The van der Waals surface area contributed by atoms with Crippen molar-refractivity contribution in [3.63, 3.8) is 0 Å². The Hall–Kier alpha value is -0.573. The summed E-state index contributed by atoms with van der Waals surface area (Å²) in [5.41, 5.74) is 2.75. The van der Waals surface area contributed by atoms with Gasteiger partial charge in [-0.05, 0) is 56.5 Å². The minimum absolute atomic E-state index is 0.508. The number of hydrogen-bond donors (Lipinski definition) is 0.